The molecular formula is C13H24N2O3. The highest BCUT2D eigenvalue weighted by atomic mass is 16.4. The molecule has 1 aliphatic rings. The number of carboxylic acids is 1. The number of aliphatic carboxylic acids is 1. The number of piperidine rings is 1. The number of amides is 1. The smallest absolute Gasteiger partial charge is 0.305 e. The Bertz CT molecular complexity index is 315. The number of hydrogen-bond donors (Lipinski definition) is 2. The van der Waals surface area contributed by atoms with Gasteiger partial charge in [0.15, 0.2) is 0 Å². The Labute approximate surface area is 109 Å². The zero-order valence-corrected chi connectivity index (χ0v) is 11.5. The molecule has 5 nitrogen and oxygen atoms in total. The number of likely N-dealkylation sites (tertiary alicyclic amines) is 1. The van der Waals surface area contributed by atoms with Crippen LogP contribution in [-0.4, -0.2) is 47.6 Å². The van der Waals surface area contributed by atoms with E-state index in [-0.39, 0.29) is 12.3 Å². The summed E-state index contributed by atoms with van der Waals surface area (Å²) < 4.78 is 0. The van der Waals surface area contributed by atoms with Crippen LogP contribution in [0.15, 0.2) is 0 Å². The van der Waals surface area contributed by atoms with E-state index in [9.17, 15) is 9.59 Å². The number of nitrogens with zero attached hydrogens (tertiary/aromatic N) is 1. The molecule has 0 saturated carbocycles. The van der Waals surface area contributed by atoms with Crippen molar-refractivity contribution in [2.75, 3.05) is 20.1 Å². The summed E-state index contributed by atoms with van der Waals surface area (Å²) >= 11 is 0. The molecule has 1 saturated heterocycles. The molecule has 1 unspecified atom stereocenters. The lowest BCUT2D eigenvalue weighted by Crippen LogP contribution is -2.46. The first-order valence-corrected chi connectivity index (χ1v) is 6.50. The predicted molar refractivity (Wildman–Crippen MR) is 69.3 cm³/mol. The Morgan fingerprint density at radius 2 is 2.11 bits per heavy atom. The van der Waals surface area contributed by atoms with Crippen molar-refractivity contribution < 1.29 is 14.7 Å². The lowest BCUT2D eigenvalue weighted by molar-refractivity contribution is -0.138. The van der Waals surface area contributed by atoms with E-state index in [1.165, 1.54) is 0 Å². The van der Waals surface area contributed by atoms with Crippen molar-refractivity contribution >= 4 is 11.9 Å². The fraction of sp³-hybridized carbons (Fsp3) is 0.846. The van der Waals surface area contributed by atoms with Crippen molar-refractivity contribution in [3.8, 4) is 0 Å². The third-order valence-corrected chi connectivity index (χ3v) is 3.27. The van der Waals surface area contributed by atoms with Crippen LogP contribution in [-0.2, 0) is 9.59 Å². The fourth-order valence-corrected chi connectivity index (χ4v) is 2.55. The van der Waals surface area contributed by atoms with Gasteiger partial charge in [-0.1, -0.05) is 0 Å². The molecule has 0 aliphatic carbocycles. The molecule has 1 amide bonds. The van der Waals surface area contributed by atoms with E-state index >= 15 is 0 Å². The third kappa shape index (κ3) is 5.49. The van der Waals surface area contributed by atoms with Gasteiger partial charge in [-0.25, -0.2) is 0 Å². The van der Waals surface area contributed by atoms with Crippen molar-refractivity contribution in [2.45, 2.75) is 45.1 Å². The van der Waals surface area contributed by atoms with E-state index in [1.807, 2.05) is 0 Å². The fourth-order valence-electron chi connectivity index (χ4n) is 2.55. The maximum Gasteiger partial charge on any atom is 0.305 e. The van der Waals surface area contributed by atoms with Crippen LogP contribution in [0.3, 0.4) is 0 Å². The van der Waals surface area contributed by atoms with Gasteiger partial charge in [-0.15, -0.1) is 0 Å². The topological polar surface area (TPSA) is 69.6 Å². The maximum absolute atomic E-state index is 11.9. The average molecular weight is 256 g/mol. The molecule has 1 fully saturated rings. The van der Waals surface area contributed by atoms with Crippen molar-refractivity contribution in [1.82, 2.24) is 10.2 Å². The summed E-state index contributed by atoms with van der Waals surface area (Å²) in [6.07, 6.45) is 2.65. The summed E-state index contributed by atoms with van der Waals surface area (Å²) in [6.45, 7) is 5.54. The lowest BCUT2D eigenvalue weighted by atomic mass is 9.93. The van der Waals surface area contributed by atoms with Crippen LogP contribution in [0.5, 0.6) is 0 Å². The molecule has 104 valence electrons. The van der Waals surface area contributed by atoms with Crippen LogP contribution in [0.2, 0.25) is 0 Å². The van der Waals surface area contributed by atoms with Crippen molar-refractivity contribution in [1.29, 1.82) is 0 Å². The van der Waals surface area contributed by atoms with Gasteiger partial charge in [0, 0.05) is 18.5 Å². The lowest BCUT2D eigenvalue weighted by Gasteiger charge is -2.31. The second-order valence-corrected chi connectivity index (χ2v) is 5.98. The molecule has 0 spiro atoms. The van der Waals surface area contributed by atoms with E-state index in [4.69, 9.17) is 5.11 Å². The second-order valence-electron chi connectivity index (χ2n) is 5.98. The van der Waals surface area contributed by atoms with Gasteiger partial charge < -0.3 is 15.3 Å². The molecular weight excluding hydrogens is 232 g/mol. The van der Waals surface area contributed by atoms with E-state index < -0.39 is 11.5 Å². The SMILES string of the molecule is CN1CCCC(CC(=O)NC(C)(C)CC(=O)O)C1. The van der Waals surface area contributed by atoms with E-state index in [2.05, 4.69) is 17.3 Å². The molecule has 18 heavy (non-hydrogen) atoms. The van der Waals surface area contributed by atoms with Crippen LogP contribution in [0.4, 0.5) is 0 Å². The van der Waals surface area contributed by atoms with Gasteiger partial charge in [-0.05, 0) is 46.2 Å². The van der Waals surface area contributed by atoms with Crippen LogP contribution in [0, 0.1) is 5.92 Å². The Kier molecular flexibility index (Phi) is 5.14. The minimum atomic E-state index is -0.891. The standard InChI is InChI=1S/C13H24N2O3/c1-13(2,8-12(17)18)14-11(16)7-10-5-4-6-15(3)9-10/h10H,4-9H2,1-3H3,(H,14,16)(H,17,18). The summed E-state index contributed by atoms with van der Waals surface area (Å²) in [5, 5.41) is 11.6. The van der Waals surface area contributed by atoms with Crippen LogP contribution in [0.25, 0.3) is 0 Å². The van der Waals surface area contributed by atoms with E-state index in [1.54, 1.807) is 13.8 Å². The molecule has 0 bridgehead atoms. The highest BCUT2D eigenvalue weighted by molar-refractivity contribution is 5.78. The summed E-state index contributed by atoms with van der Waals surface area (Å²) in [7, 11) is 2.07. The molecule has 1 rings (SSSR count). The zero-order valence-electron chi connectivity index (χ0n) is 11.5. The van der Waals surface area contributed by atoms with Crippen LogP contribution in [0.1, 0.15) is 39.5 Å². The minimum absolute atomic E-state index is 0.0402. The monoisotopic (exact) mass is 256 g/mol. The molecule has 0 aromatic carbocycles. The zero-order chi connectivity index (χ0) is 13.8. The number of carboxylic acid groups (broad SMARTS) is 1. The highest BCUT2D eigenvalue weighted by Gasteiger charge is 2.26. The van der Waals surface area contributed by atoms with Gasteiger partial charge in [-0.3, -0.25) is 9.59 Å². The first-order valence-electron chi connectivity index (χ1n) is 6.50. The second kappa shape index (κ2) is 6.18. The number of hydrogen-bond acceptors (Lipinski definition) is 3. The van der Waals surface area contributed by atoms with Gasteiger partial charge >= 0.3 is 5.97 Å². The largest absolute Gasteiger partial charge is 0.481 e. The third-order valence-electron chi connectivity index (χ3n) is 3.27. The first kappa shape index (κ1) is 15.0. The Balaban J connectivity index is 2.38. The predicted octanol–water partition coefficient (Wildman–Crippen LogP) is 1.09. The summed E-state index contributed by atoms with van der Waals surface area (Å²) in [4.78, 5) is 24.8. The summed E-state index contributed by atoms with van der Waals surface area (Å²) in [5.74, 6) is -0.538. The molecule has 1 atom stereocenters. The van der Waals surface area contributed by atoms with Gasteiger partial charge in [-0.2, -0.15) is 0 Å². The molecule has 0 aromatic rings. The molecule has 1 aliphatic heterocycles. The Morgan fingerprint density at radius 3 is 2.67 bits per heavy atom. The molecule has 5 heteroatoms. The maximum atomic E-state index is 11.9. The normalized spacial score (nSPS) is 21.6. The Morgan fingerprint density at radius 1 is 1.44 bits per heavy atom. The first-order chi connectivity index (χ1) is 8.28. The van der Waals surface area contributed by atoms with Crippen LogP contribution < -0.4 is 5.32 Å². The van der Waals surface area contributed by atoms with Crippen molar-refractivity contribution in [2.24, 2.45) is 5.92 Å². The Hall–Kier alpha value is -1.10. The quantitative estimate of drug-likeness (QED) is 0.772. The number of nitrogens with one attached hydrogen (secondary N) is 1. The van der Waals surface area contributed by atoms with E-state index in [0.29, 0.717) is 12.3 Å². The van der Waals surface area contributed by atoms with Crippen molar-refractivity contribution in [3.63, 3.8) is 0 Å². The molecule has 1 heterocycles. The van der Waals surface area contributed by atoms with Gasteiger partial charge in [0.05, 0.1) is 6.42 Å². The van der Waals surface area contributed by atoms with Crippen LogP contribution >= 0.6 is 0 Å². The highest BCUT2D eigenvalue weighted by Crippen LogP contribution is 2.19. The van der Waals surface area contributed by atoms with Gasteiger partial charge in [0.2, 0.25) is 5.91 Å². The number of carbonyl (C=O) groups is 2. The average Bonchev–Trinajstić information content (AvgIpc) is 2.13. The summed E-state index contributed by atoms with van der Waals surface area (Å²) in [6, 6.07) is 0. The summed E-state index contributed by atoms with van der Waals surface area (Å²) in [5.41, 5.74) is -0.677. The number of rotatable bonds is 5. The molecule has 0 aromatic heterocycles. The van der Waals surface area contributed by atoms with Crippen molar-refractivity contribution in [3.05, 3.63) is 0 Å². The van der Waals surface area contributed by atoms with E-state index in [0.717, 1.165) is 25.9 Å². The molecule has 2 N–H and O–H groups in total. The molecule has 0 radical (unpaired) electrons. The number of carbonyl (C=O) groups excluding carboxylic acids is 1. The van der Waals surface area contributed by atoms with Gasteiger partial charge in [0.1, 0.15) is 0 Å². The van der Waals surface area contributed by atoms with Gasteiger partial charge in [0.25, 0.3) is 0 Å². The minimum Gasteiger partial charge on any atom is -0.481 e.